The molecule has 0 radical (unpaired) electrons. The van der Waals surface area contributed by atoms with Crippen LogP contribution in [0.15, 0.2) is 18.2 Å². The molecular weight excluding hydrogens is 288 g/mol. The molecule has 1 fully saturated rings. The standard InChI is InChI=1S/C16H23ClN2O2/c1-11-6-5-7-12(17)13(11)16(18)8-9-19(10-16)14(20)21-15(2,3)4/h5-7H,8-10,18H2,1-4H3/t16-/m0/s1. The summed E-state index contributed by atoms with van der Waals surface area (Å²) in [6, 6.07) is 5.74. The monoisotopic (exact) mass is 310 g/mol. The first-order valence-electron chi connectivity index (χ1n) is 7.15. The SMILES string of the molecule is Cc1cccc(Cl)c1[C@]1(N)CCN(C(=O)OC(C)(C)C)C1. The zero-order valence-corrected chi connectivity index (χ0v) is 13.8. The molecule has 1 atom stereocenters. The molecule has 5 heteroatoms. The van der Waals surface area contributed by atoms with Gasteiger partial charge in [-0.25, -0.2) is 4.79 Å². The number of ether oxygens (including phenoxy) is 1. The smallest absolute Gasteiger partial charge is 0.410 e. The van der Waals surface area contributed by atoms with E-state index in [2.05, 4.69) is 0 Å². The van der Waals surface area contributed by atoms with Crippen LogP contribution in [0.3, 0.4) is 0 Å². The Kier molecular flexibility index (Phi) is 4.22. The first kappa shape index (κ1) is 16.1. The summed E-state index contributed by atoms with van der Waals surface area (Å²) in [5.41, 5.74) is 7.41. The number of benzene rings is 1. The van der Waals surface area contributed by atoms with Crippen LogP contribution in [0.5, 0.6) is 0 Å². The molecule has 2 rings (SSSR count). The molecular formula is C16H23ClN2O2. The Morgan fingerprint density at radius 1 is 1.43 bits per heavy atom. The van der Waals surface area contributed by atoms with Crippen molar-refractivity contribution in [3.63, 3.8) is 0 Å². The second-order valence-corrected chi connectivity index (χ2v) is 7.15. The van der Waals surface area contributed by atoms with E-state index in [4.69, 9.17) is 22.1 Å². The maximum Gasteiger partial charge on any atom is 0.410 e. The van der Waals surface area contributed by atoms with E-state index in [0.29, 0.717) is 24.5 Å². The van der Waals surface area contributed by atoms with Gasteiger partial charge in [-0.1, -0.05) is 23.7 Å². The number of likely N-dealkylation sites (tertiary alicyclic amines) is 1. The minimum Gasteiger partial charge on any atom is -0.444 e. The predicted octanol–water partition coefficient (Wildman–Crippen LogP) is 3.44. The lowest BCUT2D eigenvalue weighted by atomic mass is 9.87. The van der Waals surface area contributed by atoms with Crippen molar-refractivity contribution in [3.05, 3.63) is 34.3 Å². The zero-order chi connectivity index (χ0) is 15.8. The Bertz CT molecular complexity index is 533. The molecule has 0 aromatic heterocycles. The summed E-state index contributed by atoms with van der Waals surface area (Å²) in [6.45, 7) is 8.56. The number of nitrogens with zero attached hydrogens (tertiary/aromatic N) is 1. The Balaban J connectivity index is 2.19. The Hall–Kier alpha value is -1.26. The van der Waals surface area contributed by atoms with E-state index >= 15 is 0 Å². The van der Waals surface area contributed by atoms with Gasteiger partial charge >= 0.3 is 6.09 Å². The van der Waals surface area contributed by atoms with Crippen LogP contribution in [-0.2, 0) is 10.3 Å². The summed E-state index contributed by atoms with van der Waals surface area (Å²) >= 11 is 6.32. The van der Waals surface area contributed by atoms with Crippen molar-refractivity contribution in [2.24, 2.45) is 5.73 Å². The van der Waals surface area contributed by atoms with E-state index in [-0.39, 0.29) is 6.09 Å². The van der Waals surface area contributed by atoms with Crippen LogP contribution in [0, 0.1) is 6.92 Å². The van der Waals surface area contributed by atoms with Gasteiger partial charge in [0.1, 0.15) is 5.60 Å². The highest BCUT2D eigenvalue weighted by molar-refractivity contribution is 6.31. The van der Waals surface area contributed by atoms with E-state index in [1.165, 1.54) is 0 Å². The number of carbonyl (C=O) groups is 1. The molecule has 1 aromatic carbocycles. The van der Waals surface area contributed by atoms with Gasteiger partial charge < -0.3 is 15.4 Å². The molecule has 21 heavy (non-hydrogen) atoms. The minimum atomic E-state index is -0.612. The van der Waals surface area contributed by atoms with Crippen LogP contribution in [0.2, 0.25) is 5.02 Å². The van der Waals surface area contributed by atoms with Gasteiger partial charge in [0, 0.05) is 18.1 Å². The highest BCUT2D eigenvalue weighted by Gasteiger charge is 2.41. The molecule has 0 saturated carbocycles. The van der Waals surface area contributed by atoms with Crippen LogP contribution in [0.4, 0.5) is 4.79 Å². The van der Waals surface area contributed by atoms with Crippen molar-refractivity contribution in [2.75, 3.05) is 13.1 Å². The normalized spacial score (nSPS) is 22.5. The van der Waals surface area contributed by atoms with Gasteiger partial charge in [-0.2, -0.15) is 0 Å². The number of halogens is 1. The lowest BCUT2D eigenvalue weighted by Crippen LogP contribution is -2.43. The molecule has 1 aliphatic rings. The van der Waals surface area contributed by atoms with Gasteiger partial charge in [-0.15, -0.1) is 0 Å². The summed E-state index contributed by atoms with van der Waals surface area (Å²) in [7, 11) is 0. The van der Waals surface area contributed by atoms with Gasteiger partial charge in [0.15, 0.2) is 0 Å². The fourth-order valence-electron chi connectivity index (χ4n) is 2.78. The van der Waals surface area contributed by atoms with Gasteiger partial charge in [-0.05, 0) is 51.3 Å². The molecule has 4 nitrogen and oxygen atoms in total. The molecule has 116 valence electrons. The van der Waals surface area contributed by atoms with Crippen LogP contribution in [0.1, 0.15) is 38.3 Å². The molecule has 2 N–H and O–H groups in total. The third-order valence-electron chi connectivity index (χ3n) is 3.67. The third-order valence-corrected chi connectivity index (χ3v) is 3.99. The molecule has 0 aliphatic carbocycles. The molecule has 0 spiro atoms. The molecule has 0 unspecified atom stereocenters. The summed E-state index contributed by atoms with van der Waals surface area (Å²) in [4.78, 5) is 13.8. The van der Waals surface area contributed by atoms with E-state index in [0.717, 1.165) is 11.1 Å². The second-order valence-electron chi connectivity index (χ2n) is 6.74. The summed E-state index contributed by atoms with van der Waals surface area (Å²) in [5, 5.41) is 0.656. The number of hydrogen-bond donors (Lipinski definition) is 1. The quantitative estimate of drug-likeness (QED) is 0.864. The van der Waals surface area contributed by atoms with Gasteiger partial charge in [0.2, 0.25) is 0 Å². The van der Waals surface area contributed by atoms with Crippen molar-refractivity contribution in [3.8, 4) is 0 Å². The van der Waals surface area contributed by atoms with E-state index in [1.54, 1.807) is 4.90 Å². The van der Waals surface area contributed by atoms with Crippen LogP contribution in [0.25, 0.3) is 0 Å². The molecule has 1 heterocycles. The Labute approximate surface area is 131 Å². The van der Waals surface area contributed by atoms with Crippen LogP contribution < -0.4 is 5.73 Å². The summed E-state index contributed by atoms with van der Waals surface area (Å²) < 4.78 is 5.41. The maximum atomic E-state index is 12.2. The van der Waals surface area contributed by atoms with Crippen molar-refractivity contribution in [2.45, 2.75) is 45.3 Å². The van der Waals surface area contributed by atoms with Gasteiger partial charge in [-0.3, -0.25) is 0 Å². The number of hydrogen-bond acceptors (Lipinski definition) is 3. The van der Waals surface area contributed by atoms with Crippen molar-refractivity contribution < 1.29 is 9.53 Å². The highest BCUT2D eigenvalue weighted by Crippen LogP contribution is 2.36. The van der Waals surface area contributed by atoms with E-state index in [9.17, 15) is 4.79 Å². The van der Waals surface area contributed by atoms with Crippen molar-refractivity contribution in [1.29, 1.82) is 0 Å². The lowest BCUT2D eigenvalue weighted by molar-refractivity contribution is 0.0284. The molecule has 0 bridgehead atoms. The fraction of sp³-hybridized carbons (Fsp3) is 0.562. The predicted molar refractivity (Wildman–Crippen MR) is 84.5 cm³/mol. The zero-order valence-electron chi connectivity index (χ0n) is 13.1. The van der Waals surface area contributed by atoms with Gasteiger partial charge in [0.25, 0.3) is 0 Å². The number of aryl methyl sites for hydroxylation is 1. The summed E-state index contributed by atoms with van der Waals surface area (Å²) in [5.74, 6) is 0. The molecule has 1 aliphatic heterocycles. The largest absolute Gasteiger partial charge is 0.444 e. The molecule has 1 saturated heterocycles. The molecule has 1 amide bonds. The number of rotatable bonds is 1. The maximum absolute atomic E-state index is 12.2. The second kappa shape index (κ2) is 5.50. The number of carbonyl (C=O) groups excluding carboxylic acids is 1. The van der Waals surface area contributed by atoms with E-state index < -0.39 is 11.1 Å². The lowest BCUT2D eigenvalue weighted by Gasteiger charge is -2.29. The van der Waals surface area contributed by atoms with E-state index in [1.807, 2.05) is 45.9 Å². The highest BCUT2D eigenvalue weighted by atomic mass is 35.5. The van der Waals surface area contributed by atoms with Gasteiger partial charge in [0.05, 0.1) is 5.54 Å². The minimum absolute atomic E-state index is 0.320. The average Bonchev–Trinajstić information content (AvgIpc) is 2.70. The number of nitrogens with two attached hydrogens (primary N) is 1. The van der Waals surface area contributed by atoms with Crippen molar-refractivity contribution >= 4 is 17.7 Å². The fourth-order valence-corrected chi connectivity index (χ4v) is 3.19. The first-order chi connectivity index (χ1) is 9.62. The third kappa shape index (κ3) is 3.50. The Morgan fingerprint density at radius 2 is 2.10 bits per heavy atom. The molecule has 1 aromatic rings. The van der Waals surface area contributed by atoms with Crippen LogP contribution >= 0.6 is 11.6 Å². The van der Waals surface area contributed by atoms with Crippen LogP contribution in [-0.4, -0.2) is 29.7 Å². The summed E-state index contributed by atoms with van der Waals surface area (Å²) in [6.07, 6.45) is 0.358. The number of amides is 1. The van der Waals surface area contributed by atoms with Crippen molar-refractivity contribution in [1.82, 2.24) is 4.90 Å². The average molecular weight is 311 g/mol. The first-order valence-corrected chi connectivity index (χ1v) is 7.53. The Morgan fingerprint density at radius 3 is 2.67 bits per heavy atom. The topological polar surface area (TPSA) is 55.6 Å².